The molecule has 0 bridgehead atoms. The van der Waals surface area contributed by atoms with Crippen molar-refractivity contribution in [3.63, 3.8) is 0 Å². The first kappa shape index (κ1) is 9.39. The average Bonchev–Trinajstić information content (AvgIpc) is 1.63. The standard InChI is InChI=1S/C6H16OSi2/c1-5-6-8-7-9(2,3)4/h5-6H2,1-4H3. The first-order valence-corrected chi connectivity index (χ1v) is 7.99. The zero-order chi connectivity index (χ0) is 7.33. The molecule has 0 N–H and O–H groups in total. The van der Waals surface area contributed by atoms with E-state index in [-0.39, 0.29) is 0 Å². The zero-order valence-corrected chi connectivity index (χ0v) is 8.82. The van der Waals surface area contributed by atoms with Crippen LogP contribution in [0.25, 0.3) is 0 Å². The van der Waals surface area contributed by atoms with E-state index < -0.39 is 8.32 Å². The fraction of sp³-hybridized carbons (Fsp3) is 1.00. The summed E-state index contributed by atoms with van der Waals surface area (Å²) in [5.74, 6) is 0. The van der Waals surface area contributed by atoms with Crippen LogP contribution in [0, 0.1) is 0 Å². The summed E-state index contributed by atoms with van der Waals surface area (Å²) in [6.07, 6.45) is 1.25. The molecule has 0 heterocycles. The summed E-state index contributed by atoms with van der Waals surface area (Å²) in [5, 5.41) is 0. The highest BCUT2D eigenvalue weighted by atomic mass is 28.4. The van der Waals surface area contributed by atoms with Gasteiger partial charge in [0, 0.05) is 0 Å². The summed E-state index contributed by atoms with van der Waals surface area (Å²) in [7, 11) is -0.437. The van der Waals surface area contributed by atoms with Crippen molar-refractivity contribution in [2.75, 3.05) is 0 Å². The van der Waals surface area contributed by atoms with Gasteiger partial charge in [-0.1, -0.05) is 13.3 Å². The van der Waals surface area contributed by atoms with Crippen LogP contribution >= 0.6 is 0 Å². The van der Waals surface area contributed by atoms with Crippen LogP contribution in [0.2, 0.25) is 25.7 Å². The van der Waals surface area contributed by atoms with Gasteiger partial charge in [-0.15, -0.1) is 0 Å². The van der Waals surface area contributed by atoms with Crippen molar-refractivity contribution in [1.29, 1.82) is 0 Å². The Morgan fingerprint density at radius 2 is 1.89 bits per heavy atom. The molecular formula is C6H16OSi2. The molecule has 1 nitrogen and oxygen atoms in total. The fourth-order valence-corrected chi connectivity index (χ4v) is 2.71. The third-order valence-electron chi connectivity index (χ3n) is 0.730. The van der Waals surface area contributed by atoms with Crippen molar-refractivity contribution in [3.8, 4) is 0 Å². The molecule has 0 aliphatic heterocycles. The molecule has 9 heavy (non-hydrogen) atoms. The summed E-state index contributed by atoms with van der Waals surface area (Å²) in [4.78, 5) is 0. The van der Waals surface area contributed by atoms with Crippen molar-refractivity contribution >= 4 is 18.1 Å². The molecule has 0 unspecified atom stereocenters. The molecule has 0 saturated heterocycles. The van der Waals surface area contributed by atoms with Gasteiger partial charge in [0.1, 0.15) is 0 Å². The summed E-state index contributed by atoms with van der Waals surface area (Å²) in [5.41, 5.74) is 0. The molecule has 0 aliphatic carbocycles. The number of hydrogen-bond donors (Lipinski definition) is 0. The van der Waals surface area contributed by atoms with E-state index in [2.05, 4.69) is 26.6 Å². The van der Waals surface area contributed by atoms with E-state index in [1.165, 1.54) is 12.5 Å². The Morgan fingerprint density at radius 1 is 1.33 bits per heavy atom. The first-order valence-electron chi connectivity index (χ1n) is 3.47. The molecule has 3 heteroatoms. The maximum atomic E-state index is 5.64. The Hall–Kier alpha value is 0.394. The summed E-state index contributed by atoms with van der Waals surface area (Å²) in [6, 6.07) is 1.24. The van der Waals surface area contributed by atoms with E-state index in [1.54, 1.807) is 0 Å². The van der Waals surface area contributed by atoms with Gasteiger partial charge >= 0.3 is 0 Å². The third-order valence-corrected chi connectivity index (χ3v) is 4.46. The lowest BCUT2D eigenvalue weighted by Gasteiger charge is -2.15. The normalized spacial score (nSPS) is 12.0. The second-order valence-electron chi connectivity index (χ2n) is 3.11. The van der Waals surface area contributed by atoms with Gasteiger partial charge in [0.05, 0.1) is 0 Å². The summed E-state index contributed by atoms with van der Waals surface area (Å²) in [6.45, 7) is 8.89. The molecule has 0 atom stereocenters. The van der Waals surface area contributed by atoms with Crippen LogP contribution in [-0.4, -0.2) is 18.1 Å². The van der Waals surface area contributed by atoms with E-state index in [0.29, 0.717) is 0 Å². The van der Waals surface area contributed by atoms with Gasteiger partial charge in [-0.05, 0) is 25.7 Å². The predicted octanol–water partition coefficient (Wildman–Crippen LogP) is 2.29. The molecule has 54 valence electrons. The Morgan fingerprint density at radius 3 is 2.22 bits per heavy atom. The maximum Gasteiger partial charge on any atom is 0.215 e. The average molecular weight is 160 g/mol. The smallest absolute Gasteiger partial charge is 0.215 e. The topological polar surface area (TPSA) is 9.23 Å². The molecule has 0 amide bonds. The monoisotopic (exact) mass is 160 g/mol. The maximum absolute atomic E-state index is 5.64. The van der Waals surface area contributed by atoms with Gasteiger partial charge in [-0.3, -0.25) is 0 Å². The second kappa shape index (κ2) is 4.25. The van der Waals surface area contributed by atoms with E-state index in [0.717, 1.165) is 9.76 Å². The lowest BCUT2D eigenvalue weighted by molar-refractivity contribution is 0.593. The summed E-state index contributed by atoms with van der Waals surface area (Å²) < 4.78 is 5.64. The molecule has 0 fully saturated rings. The highest BCUT2D eigenvalue weighted by molar-refractivity contribution is 6.73. The van der Waals surface area contributed by atoms with Crippen molar-refractivity contribution in [1.82, 2.24) is 0 Å². The van der Waals surface area contributed by atoms with Crippen LogP contribution in [0.3, 0.4) is 0 Å². The molecule has 2 radical (unpaired) electrons. The van der Waals surface area contributed by atoms with E-state index in [4.69, 9.17) is 4.12 Å². The molecular weight excluding hydrogens is 144 g/mol. The van der Waals surface area contributed by atoms with Crippen molar-refractivity contribution in [2.24, 2.45) is 0 Å². The zero-order valence-electron chi connectivity index (χ0n) is 6.82. The molecule has 0 saturated carbocycles. The van der Waals surface area contributed by atoms with Crippen LogP contribution in [0.1, 0.15) is 13.3 Å². The molecule has 0 spiro atoms. The highest BCUT2D eigenvalue weighted by Crippen LogP contribution is 2.02. The van der Waals surface area contributed by atoms with E-state index in [1.807, 2.05) is 0 Å². The predicted molar refractivity (Wildman–Crippen MR) is 45.3 cm³/mol. The van der Waals surface area contributed by atoms with Gasteiger partial charge in [0.25, 0.3) is 0 Å². The van der Waals surface area contributed by atoms with Crippen LogP contribution in [-0.2, 0) is 4.12 Å². The van der Waals surface area contributed by atoms with E-state index in [9.17, 15) is 0 Å². The number of rotatable bonds is 4. The van der Waals surface area contributed by atoms with E-state index >= 15 is 0 Å². The molecule has 0 aromatic carbocycles. The Balaban J connectivity index is 3.07. The second-order valence-corrected chi connectivity index (χ2v) is 8.94. The minimum atomic E-state index is -1.18. The van der Waals surface area contributed by atoms with Crippen LogP contribution in [0.5, 0.6) is 0 Å². The minimum Gasteiger partial charge on any atom is -0.456 e. The quantitative estimate of drug-likeness (QED) is 0.453. The highest BCUT2D eigenvalue weighted by Gasteiger charge is 2.12. The van der Waals surface area contributed by atoms with Crippen LogP contribution < -0.4 is 0 Å². The molecule has 0 aromatic rings. The lowest BCUT2D eigenvalue weighted by atomic mass is 10.6. The fourth-order valence-electron chi connectivity index (χ4n) is 0.370. The number of hydrogen-bond acceptors (Lipinski definition) is 1. The van der Waals surface area contributed by atoms with Crippen molar-refractivity contribution in [3.05, 3.63) is 0 Å². The minimum absolute atomic E-state index is 0.745. The third kappa shape index (κ3) is 8.39. The lowest BCUT2D eigenvalue weighted by Crippen LogP contribution is -2.27. The van der Waals surface area contributed by atoms with Crippen molar-refractivity contribution < 1.29 is 4.12 Å². The van der Waals surface area contributed by atoms with Crippen molar-refractivity contribution in [2.45, 2.75) is 39.0 Å². The largest absolute Gasteiger partial charge is 0.456 e. The van der Waals surface area contributed by atoms with Crippen LogP contribution in [0.15, 0.2) is 0 Å². The Bertz CT molecular complexity index is 67.9. The first-order chi connectivity index (χ1) is 4.06. The molecule has 0 aliphatic rings. The Labute approximate surface area is 61.9 Å². The van der Waals surface area contributed by atoms with Gasteiger partial charge in [0.15, 0.2) is 8.32 Å². The van der Waals surface area contributed by atoms with Gasteiger partial charge in [-0.25, -0.2) is 0 Å². The molecule has 0 rings (SSSR count). The van der Waals surface area contributed by atoms with Crippen LogP contribution in [0.4, 0.5) is 0 Å². The van der Waals surface area contributed by atoms with Gasteiger partial charge in [0.2, 0.25) is 9.76 Å². The van der Waals surface area contributed by atoms with Gasteiger partial charge < -0.3 is 4.12 Å². The summed E-state index contributed by atoms with van der Waals surface area (Å²) >= 11 is 0. The SMILES string of the molecule is CCC[Si]O[Si](C)(C)C. The van der Waals surface area contributed by atoms with Gasteiger partial charge in [-0.2, -0.15) is 0 Å². The Kier molecular flexibility index (Phi) is 4.43. The molecule has 0 aromatic heterocycles.